The van der Waals surface area contributed by atoms with Gasteiger partial charge in [-0.05, 0) is 18.2 Å². The van der Waals surface area contributed by atoms with Crippen molar-refractivity contribution >= 4 is 0 Å². The van der Waals surface area contributed by atoms with Crippen LogP contribution in [0.25, 0.3) is 11.4 Å². The topological polar surface area (TPSA) is 28.7 Å². The highest BCUT2D eigenvalue weighted by molar-refractivity contribution is 5.56. The predicted molar refractivity (Wildman–Crippen MR) is 49.0 cm³/mol. The highest BCUT2D eigenvalue weighted by Gasteiger charge is 2.31. The normalized spacial score (nSPS) is 11.8. The third-order valence-corrected chi connectivity index (χ3v) is 2.00. The molecule has 0 bridgehead atoms. The maximum atomic E-state index is 13.0. The lowest BCUT2D eigenvalue weighted by Crippen LogP contribution is -2.05. The summed E-state index contributed by atoms with van der Waals surface area (Å²) >= 11 is 0. The third-order valence-electron chi connectivity index (χ3n) is 2.00. The van der Waals surface area contributed by atoms with Gasteiger partial charge < -0.3 is 4.98 Å². The van der Waals surface area contributed by atoms with Crippen LogP contribution in [0.3, 0.4) is 0 Å². The number of halogens is 4. The van der Waals surface area contributed by atoms with Gasteiger partial charge in [-0.1, -0.05) is 0 Å². The number of H-pyrrole nitrogens is 1. The van der Waals surface area contributed by atoms with E-state index in [1.54, 1.807) is 0 Å². The van der Waals surface area contributed by atoms with E-state index in [-0.39, 0.29) is 11.4 Å². The van der Waals surface area contributed by atoms with Gasteiger partial charge in [-0.3, -0.25) is 0 Å². The second-order valence-corrected chi connectivity index (χ2v) is 3.16. The molecule has 1 N–H and O–H groups in total. The monoisotopic (exact) mass is 230 g/mol. The number of alkyl halides is 3. The van der Waals surface area contributed by atoms with Gasteiger partial charge in [0.25, 0.3) is 0 Å². The molecule has 0 atom stereocenters. The standard InChI is InChI=1S/C10H6F4N2/c11-8-4-6(9-15-1-2-16-9)3-7(5-8)10(12,13)14/h1-5H,(H,15,16). The van der Waals surface area contributed by atoms with E-state index in [0.717, 1.165) is 12.1 Å². The molecule has 0 unspecified atom stereocenters. The van der Waals surface area contributed by atoms with Crippen LogP contribution in [0.5, 0.6) is 0 Å². The van der Waals surface area contributed by atoms with Crippen molar-refractivity contribution in [3.05, 3.63) is 42.0 Å². The van der Waals surface area contributed by atoms with Gasteiger partial charge in [-0.25, -0.2) is 9.37 Å². The fourth-order valence-corrected chi connectivity index (χ4v) is 1.31. The molecule has 0 saturated heterocycles. The van der Waals surface area contributed by atoms with Crippen LogP contribution in [0.2, 0.25) is 0 Å². The van der Waals surface area contributed by atoms with Crippen LogP contribution in [0.15, 0.2) is 30.6 Å². The molecular formula is C10H6F4N2. The maximum absolute atomic E-state index is 13.0. The van der Waals surface area contributed by atoms with Crippen molar-refractivity contribution in [2.75, 3.05) is 0 Å². The minimum Gasteiger partial charge on any atom is -0.345 e. The second-order valence-electron chi connectivity index (χ2n) is 3.16. The number of hydrogen-bond acceptors (Lipinski definition) is 1. The van der Waals surface area contributed by atoms with Crippen LogP contribution in [-0.2, 0) is 6.18 Å². The molecule has 16 heavy (non-hydrogen) atoms. The molecule has 0 aliphatic carbocycles. The molecule has 1 aromatic carbocycles. The number of benzene rings is 1. The molecule has 0 aliphatic heterocycles. The molecule has 0 saturated carbocycles. The van der Waals surface area contributed by atoms with Crippen LogP contribution in [0, 0.1) is 5.82 Å². The summed E-state index contributed by atoms with van der Waals surface area (Å²) < 4.78 is 50.2. The van der Waals surface area contributed by atoms with Crippen molar-refractivity contribution in [3.63, 3.8) is 0 Å². The van der Waals surface area contributed by atoms with Gasteiger partial charge >= 0.3 is 6.18 Å². The van der Waals surface area contributed by atoms with Crippen molar-refractivity contribution < 1.29 is 17.6 Å². The van der Waals surface area contributed by atoms with E-state index >= 15 is 0 Å². The number of hydrogen-bond donors (Lipinski definition) is 1. The number of nitrogens with one attached hydrogen (secondary N) is 1. The fourth-order valence-electron chi connectivity index (χ4n) is 1.31. The van der Waals surface area contributed by atoms with Crippen molar-refractivity contribution in [1.29, 1.82) is 0 Å². The molecule has 1 heterocycles. The van der Waals surface area contributed by atoms with Crippen LogP contribution in [0.1, 0.15) is 5.56 Å². The molecule has 2 aromatic rings. The van der Waals surface area contributed by atoms with E-state index < -0.39 is 17.6 Å². The SMILES string of the molecule is Fc1cc(-c2ncc[nH]2)cc(C(F)(F)F)c1. The summed E-state index contributed by atoms with van der Waals surface area (Å²) in [6.45, 7) is 0. The lowest BCUT2D eigenvalue weighted by atomic mass is 10.1. The first kappa shape index (κ1) is 10.7. The Bertz CT molecular complexity index is 488. The Balaban J connectivity index is 2.53. The Kier molecular flexibility index (Phi) is 2.41. The van der Waals surface area contributed by atoms with Gasteiger partial charge in [0.1, 0.15) is 11.6 Å². The molecule has 2 nitrogen and oxygen atoms in total. The van der Waals surface area contributed by atoms with E-state index in [9.17, 15) is 17.6 Å². The lowest BCUT2D eigenvalue weighted by Gasteiger charge is -2.08. The molecular weight excluding hydrogens is 224 g/mol. The number of rotatable bonds is 1. The Morgan fingerprint density at radius 2 is 1.88 bits per heavy atom. The zero-order valence-corrected chi connectivity index (χ0v) is 7.85. The van der Waals surface area contributed by atoms with E-state index in [1.165, 1.54) is 12.4 Å². The molecule has 0 spiro atoms. The summed E-state index contributed by atoms with van der Waals surface area (Å²) in [6, 6.07) is 2.29. The van der Waals surface area contributed by atoms with Crippen molar-refractivity contribution in [2.24, 2.45) is 0 Å². The van der Waals surface area contributed by atoms with Crippen LogP contribution < -0.4 is 0 Å². The van der Waals surface area contributed by atoms with Gasteiger partial charge in [0.05, 0.1) is 5.56 Å². The Hall–Kier alpha value is -1.85. The van der Waals surface area contributed by atoms with E-state index in [2.05, 4.69) is 9.97 Å². The second kappa shape index (κ2) is 3.62. The number of aromatic amines is 1. The zero-order chi connectivity index (χ0) is 11.8. The predicted octanol–water partition coefficient (Wildman–Crippen LogP) is 3.23. The molecule has 0 aliphatic rings. The van der Waals surface area contributed by atoms with Crippen LogP contribution >= 0.6 is 0 Å². The Labute approximate surface area is 87.9 Å². The number of aromatic nitrogens is 2. The molecule has 6 heteroatoms. The zero-order valence-electron chi connectivity index (χ0n) is 7.85. The first-order valence-electron chi connectivity index (χ1n) is 4.34. The van der Waals surface area contributed by atoms with Gasteiger partial charge in [-0.2, -0.15) is 13.2 Å². The van der Waals surface area contributed by atoms with E-state index in [0.29, 0.717) is 6.07 Å². The van der Waals surface area contributed by atoms with Crippen molar-refractivity contribution in [1.82, 2.24) is 9.97 Å². The molecule has 2 rings (SSSR count). The fraction of sp³-hybridized carbons (Fsp3) is 0.100. The smallest absolute Gasteiger partial charge is 0.345 e. The summed E-state index contributed by atoms with van der Waals surface area (Å²) in [7, 11) is 0. The largest absolute Gasteiger partial charge is 0.416 e. The summed E-state index contributed by atoms with van der Waals surface area (Å²) in [5.41, 5.74) is -0.962. The van der Waals surface area contributed by atoms with E-state index in [1.807, 2.05) is 0 Å². The summed E-state index contributed by atoms with van der Waals surface area (Å²) in [5, 5.41) is 0. The average Bonchev–Trinajstić information content (AvgIpc) is 2.68. The summed E-state index contributed by atoms with van der Waals surface area (Å²) in [5.74, 6) is -0.744. The quantitative estimate of drug-likeness (QED) is 0.748. The highest BCUT2D eigenvalue weighted by Crippen LogP contribution is 2.32. The van der Waals surface area contributed by atoms with Crippen molar-refractivity contribution in [2.45, 2.75) is 6.18 Å². The minimum absolute atomic E-state index is 0.0670. The maximum Gasteiger partial charge on any atom is 0.416 e. The highest BCUT2D eigenvalue weighted by atomic mass is 19.4. The molecule has 0 radical (unpaired) electrons. The first-order chi connectivity index (χ1) is 7.47. The van der Waals surface area contributed by atoms with Gasteiger partial charge in [-0.15, -0.1) is 0 Å². The molecule has 1 aromatic heterocycles. The number of imidazole rings is 1. The lowest BCUT2D eigenvalue weighted by molar-refractivity contribution is -0.137. The Morgan fingerprint density at radius 3 is 2.44 bits per heavy atom. The van der Waals surface area contributed by atoms with Crippen molar-refractivity contribution in [3.8, 4) is 11.4 Å². The van der Waals surface area contributed by atoms with Gasteiger partial charge in [0.15, 0.2) is 0 Å². The minimum atomic E-state index is -4.57. The number of nitrogens with zero attached hydrogens (tertiary/aromatic N) is 1. The first-order valence-corrected chi connectivity index (χ1v) is 4.34. The van der Waals surface area contributed by atoms with Gasteiger partial charge in [0.2, 0.25) is 0 Å². The molecule has 84 valence electrons. The molecule has 0 fully saturated rings. The average molecular weight is 230 g/mol. The third kappa shape index (κ3) is 2.05. The molecule has 0 amide bonds. The summed E-state index contributed by atoms with van der Waals surface area (Å²) in [6.07, 6.45) is -1.73. The van der Waals surface area contributed by atoms with Gasteiger partial charge in [0, 0.05) is 18.0 Å². The van der Waals surface area contributed by atoms with E-state index in [4.69, 9.17) is 0 Å². The summed E-state index contributed by atoms with van der Waals surface area (Å²) in [4.78, 5) is 6.38. The Morgan fingerprint density at radius 1 is 1.12 bits per heavy atom. The van der Waals surface area contributed by atoms with Crippen LogP contribution in [-0.4, -0.2) is 9.97 Å². The van der Waals surface area contributed by atoms with Crippen LogP contribution in [0.4, 0.5) is 17.6 Å².